The van der Waals surface area contributed by atoms with Crippen LogP contribution in [0.5, 0.6) is 0 Å². The third kappa shape index (κ3) is 13.2. The summed E-state index contributed by atoms with van der Waals surface area (Å²) in [6, 6.07) is 0. The molecule has 0 aliphatic carbocycles. The van der Waals surface area contributed by atoms with Gasteiger partial charge in [0.05, 0.1) is 24.6 Å². The van der Waals surface area contributed by atoms with Gasteiger partial charge in [0.15, 0.2) is 0 Å². The maximum absolute atomic E-state index is 2.42. The fourth-order valence-corrected chi connectivity index (χ4v) is 8.75. The molecule has 0 aromatic carbocycles. The topological polar surface area (TPSA) is 0 Å². The molecule has 0 aliphatic heterocycles. The molecule has 0 heterocycles. The molecule has 0 radical (unpaired) electrons. The number of hydrogen-bond acceptors (Lipinski definition) is 0. The Hall–Kier alpha value is 0.720. The summed E-state index contributed by atoms with van der Waals surface area (Å²) < 4.78 is 0. The minimum Gasteiger partial charge on any atom is -1.00 e. The first-order valence-corrected chi connectivity index (χ1v) is 12.6. The van der Waals surface area contributed by atoms with E-state index in [2.05, 4.69) is 27.7 Å². The van der Waals surface area contributed by atoms with E-state index in [0.29, 0.717) is 0 Å². The van der Waals surface area contributed by atoms with Crippen LogP contribution >= 0.6 is 7.26 Å². The summed E-state index contributed by atoms with van der Waals surface area (Å²) in [6.45, 7) is 9.47. The second-order valence-corrected chi connectivity index (χ2v) is 11.5. The van der Waals surface area contributed by atoms with E-state index in [-0.39, 0.29) is 12.4 Å². The fraction of sp³-hybridized carbons (Fsp3) is 1.00. The quantitative estimate of drug-likeness (QED) is 0.278. The van der Waals surface area contributed by atoms with Crippen molar-refractivity contribution in [2.75, 3.05) is 24.6 Å². The predicted octanol–water partition coefficient (Wildman–Crippen LogP) is 4.77. The molecule has 0 aromatic heterocycles. The first kappa shape index (κ1) is 25.0. The van der Waals surface area contributed by atoms with Crippen LogP contribution in [0, 0.1) is 0 Å². The van der Waals surface area contributed by atoms with E-state index in [4.69, 9.17) is 0 Å². The van der Waals surface area contributed by atoms with Crippen LogP contribution in [0.1, 0.15) is 105 Å². The van der Waals surface area contributed by atoms with Crippen LogP contribution in [-0.2, 0) is 0 Å². The number of rotatable bonds is 16. The summed E-state index contributed by atoms with van der Waals surface area (Å²) in [5, 5.41) is 0. The normalized spacial score (nSPS) is 11.5. The van der Waals surface area contributed by atoms with Gasteiger partial charge in [0.1, 0.15) is 0 Å². The van der Waals surface area contributed by atoms with E-state index in [0.717, 1.165) is 0 Å². The van der Waals surface area contributed by atoms with Gasteiger partial charge in [-0.2, -0.15) is 0 Å². The van der Waals surface area contributed by atoms with E-state index in [1.807, 2.05) is 0 Å². The molecule has 0 N–H and O–H groups in total. The van der Waals surface area contributed by atoms with Gasteiger partial charge >= 0.3 is 0 Å². The van der Waals surface area contributed by atoms with Crippen molar-refractivity contribution in [1.29, 1.82) is 0 Å². The van der Waals surface area contributed by atoms with Gasteiger partial charge in [-0.1, -0.05) is 66.2 Å². The van der Waals surface area contributed by atoms with Crippen LogP contribution in [0.3, 0.4) is 0 Å². The van der Waals surface area contributed by atoms with Crippen molar-refractivity contribution in [3.05, 3.63) is 0 Å². The van der Waals surface area contributed by atoms with Crippen LogP contribution in [0.2, 0.25) is 0 Å². The third-order valence-corrected chi connectivity index (χ3v) is 10.2. The van der Waals surface area contributed by atoms with Crippen LogP contribution in [0.25, 0.3) is 0 Å². The van der Waals surface area contributed by atoms with Gasteiger partial charge in [-0.25, -0.2) is 0 Å². The summed E-state index contributed by atoms with van der Waals surface area (Å²) in [6.07, 6.45) is 23.9. The second-order valence-electron chi connectivity index (χ2n) is 7.06. The molecule has 0 aliphatic rings. The molecular formula is C20H44ClP. The summed E-state index contributed by atoms with van der Waals surface area (Å²) in [5.41, 5.74) is 0. The van der Waals surface area contributed by atoms with Crippen LogP contribution in [0.15, 0.2) is 0 Å². The summed E-state index contributed by atoms with van der Waals surface area (Å²) in [4.78, 5) is 0. The van der Waals surface area contributed by atoms with Gasteiger partial charge < -0.3 is 12.4 Å². The van der Waals surface area contributed by atoms with Gasteiger partial charge in [-0.05, 0) is 38.5 Å². The number of halogens is 1. The molecule has 0 saturated carbocycles. The lowest BCUT2D eigenvalue weighted by atomic mass is 10.2. The highest BCUT2D eigenvalue weighted by Crippen LogP contribution is 2.61. The molecule has 0 rings (SSSR count). The van der Waals surface area contributed by atoms with Crippen molar-refractivity contribution >= 4 is 7.26 Å². The zero-order valence-electron chi connectivity index (χ0n) is 16.1. The monoisotopic (exact) mass is 350 g/mol. The van der Waals surface area contributed by atoms with Crippen LogP contribution in [0.4, 0.5) is 0 Å². The number of hydrogen-bond donors (Lipinski definition) is 0. The Balaban J connectivity index is 0. The second kappa shape index (κ2) is 18.1. The highest BCUT2D eigenvalue weighted by molar-refractivity contribution is 7.75. The van der Waals surface area contributed by atoms with Gasteiger partial charge in [0, 0.05) is 7.26 Å². The molecule has 0 unspecified atom stereocenters. The smallest absolute Gasteiger partial charge is 0.0594 e. The van der Waals surface area contributed by atoms with Gasteiger partial charge in [-0.3, -0.25) is 0 Å². The Kier molecular flexibility index (Phi) is 20.5. The molecule has 0 saturated heterocycles. The SMILES string of the molecule is CCCCCCC[P+](CCC)(CCC)CCCCCCC.[Cl-]. The first-order valence-electron chi connectivity index (χ1n) is 10.1. The van der Waals surface area contributed by atoms with Crippen molar-refractivity contribution < 1.29 is 12.4 Å². The molecule has 0 spiro atoms. The molecule has 136 valence electrons. The van der Waals surface area contributed by atoms with Crippen LogP contribution in [-0.4, -0.2) is 24.6 Å². The highest BCUT2D eigenvalue weighted by Gasteiger charge is 2.33. The van der Waals surface area contributed by atoms with Gasteiger partial charge in [-0.15, -0.1) is 0 Å². The molecule has 0 fully saturated rings. The maximum Gasteiger partial charge on any atom is 0.0594 e. The Morgan fingerprint density at radius 3 is 1.09 bits per heavy atom. The predicted molar refractivity (Wildman–Crippen MR) is 104 cm³/mol. The minimum absolute atomic E-state index is 0. The lowest BCUT2D eigenvalue weighted by molar-refractivity contribution is -0.00000493. The minimum atomic E-state index is -0.593. The number of unbranched alkanes of at least 4 members (excludes halogenated alkanes) is 8. The average Bonchev–Trinajstić information content (AvgIpc) is 2.47. The van der Waals surface area contributed by atoms with Crippen molar-refractivity contribution in [2.24, 2.45) is 0 Å². The van der Waals surface area contributed by atoms with Crippen molar-refractivity contribution in [1.82, 2.24) is 0 Å². The Morgan fingerprint density at radius 2 is 0.773 bits per heavy atom. The molecular weight excluding hydrogens is 307 g/mol. The molecule has 2 heteroatoms. The average molecular weight is 351 g/mol. The fourth-order valence-electron chi connectivity index (χ4n) is 3.72. The zero-order chi connectivity index (χ0) is 15.8. The molecule has 0 amide bonds. The molecule has 0 bridgehead atoms. The van der Waals surface area contributed by atoms with Crippen molar-refractivity contribution in [3.8, 4) is 0 Å². The largest absolute Gasteiger partial charge is 1.00 e. The summed E-state index contributed by atoms with van der Waals surface area (Å²) in [5.74, 6) is 0. The summed E-state index contributed by atoms with van der Waals surface area (Å²) in [7, 11) is -0.593. The molecule has 22 heavy (non-hydrogen) atoms. The van der Waals surface area contributed by atoms with Crippen LogP contribution < -0.4 is 12.4 Å². The van der Waals surface area contributed by atoms with Gasteiger partial charge in [0.2, 0.25) is 0 Å². The van der Waals surface area contributed by atoms with E-state index < -0.39 is 7.26 Å². The zero-order valence-corrected chi connectivity index (χ0v) is 17.8. The highest BCUT2D eigenvalue weighted by atomic mass is 35.5. The molecule has 0 nitrogen and oxygen atoms in total. The Labute approximate surface area is 149 Å². The Bertz CT molecular complexity index is 184. The van der Waals surface area contributed by atoms with Crippen molar-refractivity contribution in [3.63, 3.8) is 0 Å². The maximum atomic E-state index is 2.42. The lowest BCUT2D eigenvalue weighted by Crippen LogP contribution is -3.00. The summed E-state index contributed by atoms with van der Waals surface area (Å²) >= 11 is 0. The van der Waals surface area contributed by atoms with Crippen molar-refractivity contribution in [2.45, 2.75) is 105 Å². The van der Waals surface area contributed by atoms with E-state index in [9.17, 15) is 0 Å². The van der Waals surface area contributed by atoms with E-state index >= 15 is 0 Å². The lowest BCUT2D eigenvalue weighted by Gasteiger charge is -2.27. The molecule has 0 aromatic rings. The first-order chi connectivity index (χ1) is 10.2. The standard InChI is InChI=1S/C20H44P.ClH/c1-5-9-11-13-15-19-21(17-7-3,18-8-4)20-16-14-12-10-6-2;/h5-20H2,1-4H3;1H/q+1;/p-1. The Morgan fingerprint density at radius 1 is 0.409 bits per heavy atom. The van der Waals surface area contributed by atoms with Gasteiger partial charge in [0.25, 0.3) is 0 Å². The van der Waals surface area contributed by atoms with E-state index in [1.54, 1.807) is 24.6 Å². The molecule has 0 atom stereocenters. The third-order valence-electron chi connectivity index (χ3n) is 4.87. The van der Waals surface area contributed by atoms with E-state index in [1.165, 1.54) is 77.0 Å².